The summed E-state index contributed by atoms with van der Waals surface area (Å²) in [5, 5.41) is 12.4. The molecule has 0 bridgehead atoms. The highest BCUT2D eigenvalue weighted by molar-refractivity contribution is 7.16. The van der Waals surface area contributed by atoms with Gasteiger partial charge in [0.2, 0.25) is 0 Å². The van der Waals surface area contributed by atoms with E-state index in [0.717, 1.165) is 10.6 Å². The number of aromatic nitrogens is 4. The van der Waals surface area contributed by atoms with Crippen molar-refractivity contribution in [3.05, 3.63) is 81.1 Å². The van der Waals surface area contributed by atoms with Crippen LogP contribution in [0.3, 0.4) is 0 Å². The van der Waals surface area contributed by atoms with Gasteiger partial charge in [-0.2, -0.15) is 5.26 Å². The van der Waals surface area contributed by atoms with Crippen molar-refractivity contribution in [1.29, 1.82) is 5.26 Å². The number of carbonyl (C=O) groups is 2. The zero-order valence-corrected chi connectivity index (χ0v) is 21.2. The van der Waals surface area contributed by atoms with Crippen LogP contribution in [0.1, 0.15) is 42.7 Å². The van der Waals surface area contributed by atoms with E-state index in [1.165, 1.54) is 43.1 Å². The Morgan fingerprint density at radius 2 is 1.97 bits per heavy atom. The molecule has 12 heteroatoms. The molecule has 0 spiro atoms. The number of amides is 2. The molecule has 5 heterocycles. The van der Waals surface area contributed by atoms with E-state index in [4.69, 9.17) is 21.6 Å². The normalized spacial score (nSPS) is 12.1. The lowest BCUT2D eigenvalue weighted by Gasteiger charge is -2.15. The number of ether oxygens (including phenoxy) is 1. The van der Waals surface area contributed by atoms with Gasteiger partial charge in [-0.05, 0) is 31.2 Å². The summed E-state index contributed by atoms with van der Waals surface area (Å²) < 4.78 is 5.43. The number of thiazole rings is 1. The monoisotopic (exact) mass is 531 g/mol. The van der Waals surface area contributed by atoms with Crippen LogP contribution in [0.2, 0.25) is 5.15 Å². The van der Waals surface area contributed by atoms with Gasteiger partial charge in [-0.1, -0.05) is 22.9 Å². The fraction of sp³-hybridized carbons (Fsp3) is 0.160. The number of nitrogens with one attached hydrogen (secondary N) is 1. The molecule has 4 aromatic heterocycles. The van der Waals surface area contributed by atoms with E-state index >= 15 is 0 Å². The molecular weight excluding hydrogens is 514 g/mol. The molecule has 0 radical (unpaired) electrons. The summed E-state index contributed by atoms with van der Waals surface area (Å²) in [5.74, 6) is -0.168. The fourth-order valence-electron chi connectivity index (χ4n) is 3.90. The van der Waals surface area contributed by atoms with Gasteiger partial charge in [0.1, 0.15) is 22.7 Å². The van der Waals surface area contributed by atoms with E-state index in [0.29, 0.717) is 51.9 Å². The van der Waals surface area contributed by atoms with Gasteiger partial charge in [-0.25, -0.2) is 15.0 Å². The third-order valence-electron chi connectivity index (χ3n) is 5.70. The van der Waals surface area contributed by atoms with Crippen molar-refractivity contribution < 1.29 is 14.3 Å². The van der Waals surface area contributed by atoms with Crippen LogP contribution in [0.4, 0.5) is 5.13 Å². The smallest absolute Gasteiger partial charge is 0.273 e. The molecule has 0 saturated heterocycles. The van der Waals surface area contributed by atoms with Crippen molar-refractivity contribution >= 4 is 39.9 Å². The number of pyridine rings is 3. The van der Waals surface area contributed by atoms with Crippen molar-refractivity contribution in [2.45, 2.75) is 20.0 Å². The average molecular weight is 532 g/mol. The van der Waals surface area contributed by atoms with Crippen molar-refractivity contribution in [1.82, 2.24) is 24.8 Å². The highest BCUT2D eigenvalue weighted by atomic mass is 35.5. The summed E-state index contributed by atoms with van der Waals surface area (Å²) in [6, 6.07) is 8.49. The van der Waals surface area contributed by atoms with E-state index in [2.05, 4.69) is 25.3 Å². The molecule has 1 N–H and O–H groups in total. The van der Waals surface area contributed by atoms with Crippen molar-refractivity contribution in [2.24, 2.45) is 0 Å². The highest BCUT2D eigenvalue weighted by Crippen LogP contribution is 2.35. The minimum Gasteiger partial charge on any atom is -0.494 e. The average Bonchev–Trinajstić information content (AvgIpc) is 3.47. The Morgan fingerprint density at radius 1 is 1.14 bits per heavy atom. The lowest BCUT2D eigenvalue weighted by atomic mass is 10.0. The van der Waals surface area contributed by atoms with Crippen LogP contribution in [-0.2, 0) is 13.1 Å². The van der Waals surface area contributed by atoms with Crippen molar-refractivity contribution in [3.63, 3.8) is 0 Å². The van der Waals surface area contributed by atoms with E-state index in [-0.39, 0.29) is 22.7 Å². The number of aryl methyl sites for hydroxylation is 1. The maximum atomic E-state index is 13.3. The Morgan fingerprint density at radius 3 is 2.68 bits per heavy atom. The Balaban J connectivity index is 1.34. The Hall–Kier alpha value is -4.40. The highest BCUT2D eigenvalue weighted by Gasteiger charge is 2.29. The second-order valence-electron chi connectivity index (χ2n) is 8.13. The first-order chi connectivity index (χ1) is 17.9. The molecule has 0 aromatic carbocycles. The van der Waals surface area contributed by atoms with E-state index in [9.17, 15) is 9.59 Å². The molecule has 0 unspecified atom stereocenters. The van der Waals surface area contributed by atoms with Gasteiger partial charge >= 0.3 is 0 Å². The van der Waals surface area contributed by atoms with Crippen molar-refractivity contribution in [3.8, 4) is 22.9 Å². The zero-order chi connectivity index (χ0) is 26.1. The van der Waals surface area contributed by atoms with Crippen LogP contribution in [0.25, 0.3) is 11.1 Å². The van der Waals surface area contributed by atoms with Gasteiger partial charge in [0, 0.05) is 29.2 Å². The fourth-order valence-corrected chi connectivity index (χ4v) is 5.04. The molecule has 37 heavy (non-hydrogen) atoms. The van der Waals surface area contributed by atoms with Crippen molar-refractivity contribution in [2.75, 3.05) is 12.4 Å². The van der Waals surface area contributed by atoms with E-state index < -0.39 is 0 Å². The van der Waals surface area contributed by atoms with Crippen LogP contribution in [0.15, 0.2) is 42.9 Å². The molecule has 1 aliphatic heterocycles. The van der Waals surface area contributed by atoms with Gasteiger partial charge in [0.15, 0.2) is 5.13 Å². The van der Waals surface area contributed by atoms with Crippen LogP contribution in [0, 0.1) is 18.3 Å². The van der Waals surface area contributed by atoms with Crippen LogP contribution in [-0.4, -0.2) is 43.8 Å². The van der Waals surface area contributed by atoms with E-state index in [1.807, 2.05) is 13.0 Å². The maximum Gasteiger partial charge on any atom is 0.273 e. The second kappa shape index (κ2) is 9.93. The quantitative estimate of drug-likeness (QED) is 0.378. The molecule has 5 rings (SSSR count). The third-order valence-corrected chi connectivity index (χ3v) is 6.91. The standard InChI is InChI=1S/C25H18ClN7O3S/c1-13-5-15(16-6-22(26)30-10-20(16)36-2)17(9-28-13)23(34)32-25-31-19-11-33(12-21(19)37-25)24(35)18-4-3-14(7-27)8-29-18/h3-6,8-10H,11-12H2,1-2H3,(H,31,32,34). The Bertz CT molecular complexity index is 1560. The maximum absolute atomic E-state index is 13.3. The minimum atomic E-state index is -0.389. The number of nitriles is 1. The number of methoxy groups -OCH3 is 1. The molecule has 1 aliphatic rings. The number of rotatable bonds is 5. The summed E-state index contributed by atoms with van der Waals surface area (Å²) in [6.45, 7) is 2.48. The van der Waals surface area contributed by atoms with Gasteiger partial charge in [0.25, 0.3) is 11.8 Å². The predicted octanol–water partition coefficient (Wildman–Crippen LogP) is 4.25. The van der Waals surface area contributed by atoms with Gasteiger partial charge in [0.05, 0.1) is 48.1 Å². The SMILES string of the molecule is COc1cnc(Cl)cc1-c1cc(C)ncc1C(=O)Nc1nc2c(s1)CN(C(=O)c1ccc(C#N)cn1)C2. The first-order valence-corrected chi connectivity index (χ1v) is 12.2. The number of carbonyl (C=O) groups excluding carboxylic acids is 2. The first kappa shape index (κ1) is 24.3. The van der Waals surface area contributed by atoms with E-state index in [1.54, 1.807) is 23.1 Å². The van der Waals surface area contributed by atoms with Crippen LogP contribution < -0.4 is 10.1 Å². The molecule has 0 atom stereocenters. The zero-order valence-electron chi connectivity index (χ0n) is 19.6. The number of anilines is 1. The Kier molecular flexibility index (Phi) is 6.52. The Labute approximate surface area is 220 Å². The van der Waals surface area contributed by atoms with Gasteiger partial charge < -0.3 is 9.64 Å². The molecule has 0 aliphatic carbocycles. The number of fused-ring (bicyclic) bond motifs is 1. The molecule has 0 saturated carbocycles. The molecule has 0 fully saturated rings. The summed E-state index contributed by atoms with van der Waals surface area (Å²) >= 11 is 7.42. The third kappa shape index (κ3) is 4.84. The van der Waals surface area contributed by atoms with Gasteiger partial charge in [-0.3, -0.25) is 19.9 Å². The molecule has 10 nitrogen and oxygen atoms in total. The molecule has 4 aromatic rings. The minimum absolute atomic E-state index is 0.249. The first-order valence-electron chi connectivity index (χ1n) is 11.0. The molecular formula is C25H18ClN7O3S. The number of halogens is 1. The molecule has 2 amide bonds. The lowest BCUT2D eigenvalue weighted by molar-refractivity contribution is 0.0744. The summed E-state index contributed by atoms with van der Waals surface area (Å²) in [4.78, 5) is 45.5. The largest absolute Gasteiger partial charge is 0.494 e. The lowest BCUT2D eigenvalue weighted by Crippen LogP contribution is -2.26. The van der Waals surface area contributed by atoms with Gasteiger partial charge in [-0.15, -0.1) is 0 Å². The number of hydrogen-bond acceptors (Lipinski definition) is 9. The van der Waals surface area contributed by atoms with Crippen LogP contribution in [0.5, 0.6) is 5.75 Å². The summed E-state index contributed by atoms with van der Waals surface area (Å²) in [7, 11) is 1.52. The van der Waals surface area contributed by atoms with Crippen LogP contribution >= 0.6 is 22.9 Å². The predicted molar refractivity (Wildman–Crippen MR) is 136 cm³/mol. The summed E-state index contributed by atoms with van der Waals surface area (Å²) in [5.41, 5.74) is 3.62. The number of hydrogen-bond donors (Lipinski definition) is 1. The summed E-state index contributed by atoms with van der Waals surface area (Å²) in [6.07, 6.45) is 4.37. The topological polar surface area (TPSA) is 134 Å². The number of nitrogens with zero attached hydrogens (tertiary/aromatic N) is 6. The second-order valence-corrected chi connectivity index (χ2v) is 9.60. The molecule has 184 valence electrons.